The first kappa shape index (κ1) is 12.2. The van der Waals surface area contributed by atoms with E-state index in [0.29, 0.717) is 5.41 Å². The zero-order valence-corrected chi connectivity index (χ0v) is 11.6. The second-order valence-corrected chi connectivity index (χ2v) is 6.65. The van der Waals surface area contributed by atoms with Gasteiger partial charge in [-0.25, -0.2) is 0 Å². The normalized spacial score (nSPS) is 31.2. The number of hydrogen-bond donors (Lipinski definition) is 1. The number of nitrogens with zero attached hydrogens (tertiary/aromatic N) is 1. The first-order valence-corrected chi connectivity index (χ1v) is 7.13. The maximum absolute atomic E-state index is 3.71. The van der Waals surface area contributed by atoms with Gasteiger partial charge in [-0.3, -0.25) is 4.90 Å². The molecule has 1 unspecified atom stereocenters. The van der Waals surface area contributed by atoms with Crippen LogP contribution in [-0.2, 0) is 5.54 Å². The van der Waals surface area contributed by atoms with Gasteiger partial charge in [0, 0.05) is 26.2 Å². The van der Waals surface area contributed by atoms with E-state index in [0.717, 1.165) is 13.1 Å². The smallest absolute Gasteiger partial charge is 0.0535 e. The van der Waals surface area contributed by atoms with Crippen molar-refractivity contribution >= 4 is 0 Å². The third-order valence-electron chi connectivity index (χ3n) is 4.60. The molecule has 3 rings (SSSR count). The van der Waals surface area contributed by atoms with Crippen LogP contribution in [-0.4, -0.2) is 31.1 Å². The van der Waals surface area contributed by atoms with Gasteiger partial charge in [0.15, 0.2) is 0 Å². The summed E-state index contributed by atoms with van der Waals surface area (Å²) < 4.78 is 0. The summed E-state index contributed by atoms with van der Waals surface area (Å²) in [5.41, 5.74) is 2.15. The topological polar surface area (TPSA) is 15.3 Å². The third kappa shape index (κ3) is 2.45. The molecule has 1 aromatic carbocycles. The second-order valence-electron chi connectivity index (χ2n) is 6.65. The van der Waals surface area contributed by atoms with Gasteiger partial charge in [0.05, 0.1) is 5.54 Å². The van der Waals surface area contributed by atoms with Crippen molar-refractivity contribution in [3.8, 4) is 0 Å². The van der Waals surface area contributed by atoms with E-state index >= 15 is 0 Å². The number of nitrogens with one attached hydrogen (secondary N) is 1. The first-order chi connectivity index (χ1) is 8.60. The number of hydrogen-bond acceptors (Lipinski definition) is 2. The van der Waals surface area contributed by atoms with Gasteiger partial charge in [-0.05, 0) is 30.7 Å². The van der Waals surface area contributed by atoms with Crippen LogP contribution in [0.1, 0.15) is 32.3 Å². The minimum absolute atomic E-state index is 0.116. The Hall–Kier alpha value is -0.860. The highest BCUT2D eigenvalue weighted by atomic mass is 15.2. The Kier molecular flexibility index (Phi) is 2.95. The Bertz CT molecular complexity index is 410. The van der Waals surface area contributed by atoms with Crippen LogP contribution >= 0.6 is 0 Å². The molecule has 1 atom stereocenters. The Labute approximate surface area is 110 Å². The summed E-state index contributed by atoms with van der Waals surface area (Å²) in [7, 11) is 0. The average molecular weight is 244 g/mol. The summed E-state index contributed by atoms with van der Waals surface area (Å²) in [5.74, 6) is 0. The summed E-state index contributed by atoms with van der Waals surface area (Å²) in [5, 5.41) is 3.71. The molecule has 0 radical (unpaired) electrons. The minimum atomic E-state index is 0.116. The summed E-state index contributed by atoms with van der Waals surface area (Å²) in [4.78, 5) is 2.65. The fourth-order valence-electron chi connectivity index (χ4n) is 3.12. The molecule has 1 aliphatic heterocycles. The van der Waals surface area contributed by atoms with Crippen molar-refractivity contribution in [1.82, 2.24) is 10.2 Å². The predicted octanol–water partition coefficient (Wildman–Crippen LogP) is 2.61. The number of rotatable bonds is 3. The largest absolute Gasteiger partial charge is 0.305 e. The maximum Gasteiger partial charge on any atom is 0.0535 e. The lowest BCUT2D eigenvalue weighted by molar-refractivity contribution is 0.123. The lowest BCUT2D eigenvalue weighted by atomic mass is 9.89. The molecule has 1 N–H and O–H groups in total. The van der Waals surface area contributed by atoms with Crippen molar-refractivity contribution in [2.24, 2.45) is 5.41 Å². The Balaban J connectivity index is 1.72. The van der Waals surface area contributed by atoms with E-state index in [9.17, 15) is 0 Å². The quantitative estimate of drug-likeness (QED) is 0.879. The summed E-state index contributed by atoms with van der Waals surface area (Å²) in [6.07, 6.45) is 2.83. The molecule has 0 aromatic heterocycles. The molecule has 1 saturated heterocycles. The van der Waals surface area contributed by atoms with Crippen LogP contribution in [0.25, 0.3) is 0 Å². The average Bonchev–Trinajstić information content (AvgIpc) is 3.08. The van der Waals surface area contributed by atoms with E-state index in [-0.39, 0.29) is 5.54 Å². The van der Waals surface area contributed by atoms with Gasteiger partial charge in [0.1, 0.15) is 0 Å². The fraction of sp³-hybridized carbons (Fsp3) is 0.625. The van der Waals surface area contributed by atoms with Crippen LogP contribution in [0.3, 0.4) is 0 Å². The molecule has 0 amide bonds. The third-order valence-corrected chi connectivity index (χ3v) is 4.60. The molecule has 2 fully saturated rings. The van der Waals surface area contributed by atoms with E-state index in [1.54, 1.807) is 0 Å². The van der Waals surface area contributed by atoms with Crippen molar-refractivity contribution < 1.29 is 0 Å². The van der Waals surface area contributed by atoms with Gasteiger partial charge in [0.2, 0.25) is 0 Å². The van der Waals surface area contributed by atoms with E-state index in [4.69, 9.17) is 0 Å². The molecular weight excluding hydrogens is 220 g/mol. The molecule has 1 saturated carbocycles. The van der Waals surface area contributed by atoms with E-state index in [1.807, 2.05) is 0 Å². The SMILES string of the molecule is CC1(CN2CCNC(C)(c3ccccc3)C2)CC1. The van der Waals surface area contributed by atoms with Crippen LogP contribution in [0.5, 0.6) is 0 Å². The molecule has 18 heavy (non-hydrogen) atoms. The Morgan fingerprint density at radius 2 is 1.89 bits per heavy atom. The van der Waals surface area contributed by atoms with Crippen molar-refractivity contribution in [3.63, 3.8) is 0 Å². The van der Waals surface area contributed by atoms with Crippen molar-refractivity contribution in [2.75, 3.05) is 26.2 Å². The van der Waals surface area contributed by atoms with E-state index in [1.165, 1.54) is 31.5 Å². The van der Waals surface area contributed by atoms with Crippen molar-refractivity contribution in [2.45, 2.75) is 32.2 Å². The molecule has 2 aliphatic rings. The van der Waals surface area contributed by atoms with Gasteiger partial charge >= 0.3 is 0 Å². The van der Waals surface area contributed by atoms with Gasteiger partial charge < -0.3 is 5.32 Å². The van der Waals surface area contributed by atoms with Crippen LogP contribution in [0.4, 0.5) is 0 Å². The lowest BCUT2D eigenvalue weighted by Crippen LogP contribution is -2.57. The van der Waals surface area contributed by atoms with Gasteiger partial charge in [-0.15, -0.1) is 0 Å². The highest BCUT2D eigenvalue weighted by molar-refractivity contribution is 5.25. The molecule has 1 aliphatic carbocycles. The molecule has 2 nitrogen and oxygen atoms in total. The van der Waals surface area contributed by atoms with Gasteiger partial charge in [0.25, 0.3) is 0 Å². The molecule has 0 bridgehead atoms. The molecular formula is C16H24N2. The summed E-state index contributed by atoms with van der Waals surface area (Å²) in [6, 6.07) is 10.9. The van der Waals surface area contributed by atoms with Crippen molar-refractivity contribution in [1.29, 1.82) is 0 Å². The second kappa shape index (κ2) is 4.36. The Morgan fingerprint density at radius 1 is 1.17 bits per heavy atom. The van der Waals surface area contributed by atoms with Crippen LogP contribution in [0.15, 0.2) is 30.3 Å². The van der Waals surface area contributed by atoms with Crippen molar-refractivity contribution in [3.05, 3.63) is 35.9 Å². The molecule has 98 valence electrons. The zero-order chi connectivity index (χ0) is 12.6. The molecule has 1 heterocycles. The maximum atomic E-state index is 3.71. The minimum Gasteiger partial charge on any atom is -0.305 e. The zero-order valence-electron chi connectivity index (χ0n) is 11.6. The Morgan fingerprint density at radius 3 is 2.56 bits per heavy atom. The predicted molar refractivity (Wildman–Crippen MR) is 75.6 cm³/mol. The summed E-state index contributed by atoms with van der Waals surface area (Å²) >= 11 is 0. The fourth-order valence-corrected chi connectivity index (χ4v) is 3.12. The molecule has 1 aromatic rings. The first-order valence-electron chi connectivity index (χ1n) is 7.13. The van der Waals surface area contributed by atoms with Crippen LogP contribution < -0.4 is 5.32 Å². The summed E-state index contributed by atoms with van der Waals surface area (Å²) in [6.45, 7) is 9.46. The van der Waals surface area contributed by atoms with Gasteiger partial charge in [-0.1, -0.05) is 37.3 Å². The van der Waals surface area contributed by atoms with E-state index in [2.05, 4.69) is 54.4 Å². The van der Waals surface area contributed by atoms with Crippen LogP contribution in [0.2, 0.25) is 0 Å². The van der Waals surface area contributed by atoms with Gasteiger partial charge in [-0.2, -0.15) is 0 Å². The molecule has 0 spiro atoms. The standard InChI is InChI=1S/C16H24N2/c1-15(8-9-15)12-18-11-10-17-16(2,13-18)14-6-4-3-5-7-14/h3-7,17H,8-13H2,1-2H3. The monoisotopic (exact) mass is 244 g/mol. The molecule has 2 heteroatoms. The number of piperazine rings is 1. The highest BCUT2D eigenvalue weighted by Crippen LogP contribution is 2.45. The van der Waals surface area contributed by atoms with Crippen LogP contribution in [0, 0.1) is 5.41 Å². The lowest BCUT2D eigenvalue weighted by Gasteiger charge is -2.43. The highest BCUT2D eigenvalue weighted by Gasteiger charge is 2.41. The number of benzene rings is 1. The van der Waals surface area contributed by atoms with E-state index < -0.39 is 0 Å².